The molecule has 1 aromatic rings. The molecule has 0 fully saturated rings. The molecular weight excluding hydrogens is 296 g/mol. The summed E-state index contributed by atoms with van der Waals surface area (Å²) in [7, 11) is 0. The number of hydrogen-bond donors (Lipinski definition) is 2. The molecular formula is C18H24O5. The summed E-state index contributed by atoms with van der Waals surface area (Å²) in [6.07, 6.45) is 6.89. The Balaban J connectivity index is 2.09. The zero-order chi connectivity index (χ0) is 16.9. The maximum atomic E-state index is 11.6. The molecule has 1 heterocycles. The standard InChI is InChI=1S/C18H24O5/c1-2-3-4-5-6-7-12-15-13-10-8-9-11-14(13)18(23-15,16(19)20)17(21)22/h8-11,15H,2-7,12H2,1H3,(H,19,20)(H,21,22). The summed E-state index contributed by atoms with van der Waals surface area (Å²) in [5.74, 6) is -2.94. The van der Waals surface area contributed by atoms with Gasteiger partial charge in [0, 0.05) is 5.56 Å². The minimum absolute atomic E-state index is 0.246. The second-order valence-electron chi connectivity index (χ2n) is 6.04. The Bertz CT molecular complexity index is 552. The van der Waals surface area contributed by atoms with Gasteiger partial charge in [0.2, 0.25) is 0 Å². The zero-order valence-electron chi connectivity index (χ0n) is 13.5. The first-order valence-corrected chi connectivity index (χ1v) is 8.28. The van der Waals surface area contributed by atoms with Gasteiger partial charge >= 0.3 is 11.9 Å². The maximum absolute atomic E-state index is 11.6. The average molecular weight is 320 g/mol. The van der Waals surface area contributed by atoms with E-state index in [9.17, 15) is 19.8 Å². The minimum atomic E-state index is -2.27. The van der Waals surface area contributed by atoms with Crippen molar-refractivity contribution in [1.29, 1.82) is 0 Å². The Morgan fingerprint density at radius 2 is 1.65 bits per heavy atom. The van der Waals surface area contributed by atoms with E-state index in [2.05, 4.69) is 6.92 Å². The molecule has 0 spiro atoms. The van der Waals surface area contributed by atoms with E-state index in [1.165, 1.54) is 19.3 Å². The van der Waals surface area contributed by atoms with Crippen molar-refractivity contribution in [2.45, 2.75) is 63.6 Å². The van der Waals surface area contributed by atoms with Crippen molar-refractivity contribution in [3.63, 3.8) is 0 Å². The minimum Gasteiger partial charge on any atom is -0.478 e. The lowest BCUT2D eigenvalue weighted by Gasteiger charge is -2.21. The van der Waals surface area contributed by atoms with Crippen LogP contribution in [0.5, 0.6) is 0 Å². The number of carboxylic acids is 2. The topological polar surface area (TPSA) is 83.8 Å². The number of rotatable bonds is 9. The molecule has 2 N–H and O–H groups in total. The van der Waals surface area contributed by atoms with E-state index in [0.29, 0.717) is 12.0 Å². The van der Waals surface area contributed by atoms with Crippen molar-refractivity contribution in [2.75, 3.05) is 0 Å². The SMILES string of the molecule is CCCCCCCCC1OC(C(=O)O)(C(=O)O)c2ccccc21. The van der Waals surface area contributed by atoms with Crippen LogP contribution in [-0.4, -0.2) is 22.2 Å². The highest BCUT2D eigenvalue weighted by Crippen LogP contribution is 2.46. The Morgan fingerprint density at radius 1 is 1.04 bits per heavy atom. The molecule has 0 bridgehead atoms. The number of carboxylic acid groups (broad SMARTS) is 2. The number of unbranched alkanes of at least 4 members (excludes halogenated alkanes) is 5. The lowest BCUT2D eigenvalue weighted by Crippen LogP contribution is -2.43. The van der Waals surface area contributed by atoms with Crippen LogP contribution in [0, 0.1) is 0 Å². The summed E-state index contributed by atoms with van der Waals surface area (Å²) in [5.41, 5.74) is -1.34. The molecule has 1 unspecified atom stereocenters. The van der Waals surface area contributed by atoms with E-state index in [4.69, 9.17) is 4.74 Å². The molecule has 1 aromatic carbocycles. The fourth-order valence-electron chi connectivity index (χ4n) is 3.19. The van der Waals surface area contributed by atoms with Crippen LogP contribution in [0.2, 0.25) is 0 Å². The molecule has 0 saturated carbocycles. The van der Waals surface area contributed by atoms with Crippen molar-refractivity contribution >= 4 is 11.9 Å². The summed E-state index contributed by atoms with van der Waals surface area (Å²) >= 11 is 0. The predicted molar refractivity (Wildman–Crippen MR) is 85.2 cm³/mol. The van der Waals surface area contributed by atoms with Crippen LogP contribution in [-0.2, 0) is 19.9 Å². The average Bonchev–Trinajstić information content (AvgIpc) is 2.87. The van der Waals surface area contributed by atoms with Gasteiger partial charge < -0.3 is 14.9 Å². The molecule has 5 nitrogen and oxygen atoms in total. The summed E-state index contributed by atoms with van der Waals surface area (Å²) in [4.78, 5) is 23.2. The van der Waals surface area contributed by atoms with Crippen LogP contribution in [0.1, 0.15) is 69.1 Å². The molecule has 2 rings (SSSR count). The number of fused-ring (bicyclic) bond motifs is 1. The van der Waals surface area contributed by atoms with E-state index in [0.717, 1.165) is 19.3 Å². The van der Waals surface area contributed by atoms with E-state index < -0.39 is 23.6 Å². The van der Waals surface area contributed by atoms with E-state index in [1.54, 1.807) is 24.3 Å². The quantitative estimate of drug-likeness (QED) is 0.533. The van der Waals surface area contributed by atoms with Gasteiger partial charge in [0.25, 0.3) is 5.60 Å². The highest BCUT2D eigenvalue weighted by atomic mass is 16.6. The third-order valence-electron chi connectivity index (χ3n) is 4.43. The van der Waals surface area contributed by atoms with Gasteiger partial charge in [-0.05, 0) is 12.0 Å². The van der Waals surface area contributed by atoms with Crippen molar-refractivity contribution in [1.82, 2.24) is 0 Å². The molecule has 1 atom stereocenters. The molecule has 126 valence electrons. The number of benzene rings is 1. The fraction of sp³-hybridized carbons (Fsp3) is 0.556. The fourth-order valence-corrected chi connectivity index (χ4v) is 3.19. The van der Waals surface area contributed by atoms with Crippen LogP contribution in [0.25, 0.3) is 0 Å². The Morgan fingerprint density at radius 3 is 2.30 bits per heavy atom. The van der Waals surface area contributed by atoms with Crippen LogP contribution in [0.3, 0.4) is 0 Å². The molecule has 0 aromatic heterocycles. The molecule has 1 aliphatic rings. The third-order valence-corrected chi connectivity index (χ3v) is 4.43. The highest BCUT2D eigenvalue weighted by molar-refractivity contribution is 6.03. The summed E-state index contributed by atoms with van der Waals surface area (Å²) in [6, 6.07) is 6.75. The van der Waals surface area contributed by atoms with Gasteiger partial charge in [-0.3, -0.25) is 0 Å². The van der Waals surface area contributed by atoms with Crippen molar-refractivity contribution in [3.05, 3.63) is 35.4 Å². The number of aliphatic carboxylic acids is 2. The Kier molecular flexibility index (Phi) is 5.77. The summed E-state index contributed by atoms with van der Waals surface area (Å²) < 4.78 is 5.57. The second kappa shape index (κ2) is 7.59. The molecule has 0 amide bonds. The first kappa shape index (κ1) is 17.5. The largest absolute Gasteiger partial charge is 0.478 e. The van der Waals surface area contributed by atoms with Gasteiger partial charge in [0.1, 0.15) is 0 Å². The first-order valence-electron chi connectivity index (χ1n) is 8.28. The van der Waals surface area contributed by atoms with Gasteiger partial charge in [-0.15, -0.1) is 0 Å². The highest BCUT2D eigenvalue weighted by Gasteiger charge is 2.57. The van der Waals surface area contributed by atoms with Gasteiger partial charge in [-0.1, -0.05) is 69.7 Å². The molecule has 0 saturated heterocycles. The Hall–Kier alpha value is -1.88. The first-order chi connectivity index (χ1) is 11.0. The monoisotopic (exact) mass is 320 g/mol. The van der Waals surface area contributed by atoms with E-state index in [-0.39, 0.29) is 5.56 Å². The van der Waals surface area contributed by atoms with Gasteiger partial charge in [-0.25, -0.2) is 9.59 Å². The second-order valence-corrected chi connectivity index (χ2v) is 6.04. The van der Waals surface area contributed by atoms with Crippen LogP contribution in [0.15, 0.2) is 24.3 Å². The van der Waals surface area contributed by atoms with Gasteiger partial charge in [0.15, 0.2) is 0 Å². The van der Waals surface area contributed by atoms with Gasteiger partial charge in [0.05, 0.1) is 6.10 Å². The van der Waals surface area contributed by atoms with E-state index in [1.807, 2.05) is 0 Å². The molecule has 5 heteroatoms. The normalized spacial score (nSPS) is 18.6. The third kappa shape index (κ3) is 3.39. The van der Waals surface area contributed by atoms with Crippen LogP contribution < -0.4 is 0 Å². The lowest BCUT2D eigenvalue weighted by molar-refractivity contribution is -0.189. The predicted octanol–water partition coefficient (Wildman–Crippen LogP) is 3.87. The van der Waals surface area contributed by atoms with Crippen molar-refractivity contribution in [2.24, 2.45) is 0 Å². The molecule has 23 heavy (non-hydrogen) atoms. The van der Waals surface area contributed by atoms with Crippen LogP contribution >= 0.6 is 0 Å². The number of hydrogen-bond acceptors (Lipinski definition) is 3. The van der Waals surface area contributed by atoms with Crippen molar-refractivity contribution in [3.8, 4) is 0 Å². The smallest absolute Gasteiger partial charge is 0.352 e. The van der Waals surface area contributed by atoms with Crippen LogP contribution in [0.4, 0.5) is 0 Å². The maximum Gasteiger partial charge on any atom is 0.352 e. The van der Waals surface area contributed by atoms with E-state index >= 15 is 0 Å². The molecule has 1 aliphatic heterocycles. The Labute approximate surface area is 136 Å². The van der Waals surface area contributed by atoms with Gasteiger partial charge in [-0.2, -0.15) is 0 Å². The summed E-state index contributed by atoms with van der Waals surface area (Å²) in [5, 5.41) is 18.9. The number of ether oxygens (including phenoxy) is 1. The summed E-state index contributed by atoms with van der Waals surface area (Å²) in [6.45, 7) is 2.17. The zero-order valence-corrected chi connectivity index (χ0v) is 13.5. The molecule has 0 aliphatic carbocycles. The van der Waals surface area contributed by atoms with Crippen molar-refractivity contribution < 1.29 is 24.5 Å². The molecule has 0 radical (unpaired) electrons. The number of carbonyl (C=O) groups is 2. The lowest BCUT2D eigenvalue weighted by atomic mass is 9.90.